The minimum atomic E-state index is 0.457. The topological polar surface area (TPSA) is 43.8 Å². The van der Waals surface area contributed by atoms with Crippen molar-refractivity contribution in [2.45, 2.75) is 0 Å². The summed E-state index contributed by atoms with van der Waals surface area (Å²) in [5.41, 5.74) is 4.14. The molecule has 0 aliphatic heterocycles. The van der Waals surface area contributed by atoms with Crippen LogP contribution < -0.4 is 4.68 Å². The SMILES string of the molecule is c1cc[n+]([N-]c2ncccn2)cc1. The summed E-state index contributed by atoms with van der Waals surface area (Å²) in [6.45, 7) is 0. The van der Waals surface area contributed by atoms with Crippen LogP contribution in [-0.4, -0.2) is 9.97 Å². The lowest BCUT2D eigenvalue weighted by Gasteiger charge is -2.03. The molecule has 0 saturated carbocycles. The average molecular weight is 172 g/mol. The molecule has 0 fully saturated rings. The normalized spacial score (nSPS) is 9.54. The summed E-state index contributed by atoms with van der Waals surface area (Å²) in [6.07, 6.45) is 6.98. The molecular formula is C9H8N4. The molecule has 0 saturated heterocycles. The largest absolute Gasteiger partial charge is 0.362 e. The highest BCUT2D eigenvalue weighted by molar-refractivity contribution is 5.23. The zero-order chi connectivity index (χ0) is 8.93. The van der Waals surface area contributed by atoms with Crippen LogP contribution in [0.4, 0.5) is 5.95 Å². The van der Waals surface area contributed by atoms with Crippen molar-refractivity contribution in [1.29, 1.82) is 0 Å². The quantitative estimate of drug-likeness (QED) is 0.639. The first-order chi connectivity index (χ1) is 6.45. The molecule has 0 atom stereocenters. The lowest BCUT2D eigenvalue weighted by Crippen LogP contribution is -2.26. The van der Waals surface area contributed by atoms with Gasteiger partial charge in [-0.3, -0.25) is 0 Å². The van der Waals surface area contributed by atoms with Gasteiger partial charge >= 0.3 is 0 Å². The predicted molar refractivity (Wildman–Crippen MR) is 47.1 cm³/mol. The first-order valence-corrected chi connectivity index (χ1v) is 3.90. The molecule has 0 aromatic carbocycles. The van der Waals surface area contributed by atoms with E-state index < -0.39 is 0 Å². The molecule has 0 aliphatic rings. The summed E-state index contributed by atoms with van der Waals surface area (Å²) >= 11 is 0. The summed E-state index contributed by atoms with van der Waals surface area (Å²) in [6, 6.07) is 7.48. The van der Waals surface area contributed by atoms with Gasteiger partial charge in [0, 0.05) is 12.1 Å². The third-order valence-electron chi connectivity index (χ3n) is 1.46. The molecule has 0 bridgehead atoms. The van der Waals surface area contributed by atoms with Gasteiger partial charge in [0.15, 0.2) is 12.4 Å². The van der Waals surface area contributed by atoms with Crippen LogP contribution in [0, 0.1) is 0 Å². The van der Waals surface area contributed by atoms with Crippen LogP contribution in [0.1, 0.15) is 0 Å². The molecule has 0 amide bonds. The van der Waals surface area contributed by atoms with Crippen molar-refractivity contribution in [2.75, 3.05) is 0 Å². The van der Waals surface area contributed by atoms with Gasteiger partial charge in [0.2, 0.25) is 0 Å². The van der Waals surface area contributed by atoms with Crippen LogP contribution in [0.5, 0.6) is 0 Å². The Morgan fingerprint density at radius 2 is 1.62 bits per heavy atom. The number of hydrogen-bond acceptors (Lipinski definition) is 2. The zero-order valence-electron chi connectivity index (χ0n) is 6.91. The molecule has 4 nitrogen and oxygen atoms in total. The molecular weight excluding hydrogens is 164 g/mol. The molecule has 13 heavy (non-hydrogen) atoms. The average Bonchev–Trinajstić information content (AvgIpc) is 2.21. The standard InChI is InChI=1S/C9H8N4/c1-2-7-13(8-3-1)12-9-10-5-4-6-11-9/h1-8H. The van der Waals surface area contributed by atoms with Crippen molar-refractivity contribution in [2.24, 2.45) is 0 Å². The number of aromatic nitrogens is 3. The molecule has 64 valence electrons. The van der Waals surface area contributed by atoms with E-state index in [4.69, 9.17) is 0 Å². The van der Waals surface area contributed by atoms with E-state index >= 15 is 0 Å². The van der Waals surface area contributed by atoms with Gasteiger partial charge in [-0.2, -0.15) is 0 Å². The summed E-state index contributed by atoms with van der Waals surface area (Å²) < 4.78 is 1.66. The van der Waals surface area contributed by atoms with E-state index in [-0.39, 0.29) is 0 Å². The fourth-order valence-electron chi connectivity index (χ4n) is 0.902. The van der Waals surface area contributed by atoms with Gasteiger partial charge < -0.3 is 9.97 Å². The summed E-state index contributed by atoms with van der Waals surface area (Å²) in [7, 11) is 0. The van der Waals surface area contributed by atoms with Crippen molar-refractivity contribution < 1.29 is 4.68 Å². The fraction of sp³-hybridized carbons (Fsp3) is 0. The maximum Gasteiger partial charge on any atom is 0.188 e. The van der Waals surface area contributed by atoms with Gasteiger partial charge in [-0.1, -0.05) is 12.1 Å². The maximum atomic E-state index is 4.14. The second kappa shape index (κ2) is 3.62. The van der Waals surface area contributed by atoms with Crippen LogP contribution in [0.25, 0.3) is 5.43 Å². The second-order valence-electron chi connectivity index (χ2n) is 2.40. The van der Waals surface area contributed by atoms with Crippen molar-refractivity contribution in [3.8, 4) is 0 Å². The molecule has 0 radical (unpaired) electrons. The Balaban J connectivity index is 2.16. The van der Waals surface area contributed by atoms with Gasteiger partial charge in [0.1, 0.15) is 0 Å². The minimum absolute atomic E-state index is 0.457. The lowest BCUT2D eigenvalue weighted by atomic mass is 10.5. The molecule has 0 N–H and O–H groups in total. The maximum absolute atomic E-state index is 4.14. The Bertz CT molecular complexity index is 322. The second-order valence-corrected chi connectivity index (χ2v) is 2.40. The van der Waals surface area contributed by atoms with E-state index in [0.717, 1.165) is 0 Å². The van der Waals surface area contributed by atoms with Crippen molar-refractivity contribution >= 4 is 5.95 Å². The van der Waals surface area contributed by atoms with Crippen molar-refractivity contribution in [3.63, 3.8) is 0 Å². The Hall–Kier alpha value is -1.97. The van der Waals surface area contributed by atoms with Crippen LogP contribution in [0.15, 0.2) is 49.1 Å². The first-order valence-electron chi connectivity index (χ1n) is 3.90. The Kier molecular flexibility index (Phi) is 2.14. The van der Waals surface area contributed by atoms with Gasteiger partial charge in [-0.05, 0) is 12.4 Å². The van der Waals surface area contributed by atoms with E-state index in [2.05, 4.69) is 15.4 Å². The van der Waals surface area contributed by atoms with Crippen molar-refractivity contribution in [1.82, 2.24) is 9.97 Å². The van der Waals surface area contributed by atoms with Gasteiger partial charge in [-0.15, -0.1) is 10.1 Å². The Morgan fingerprint density at radius 1 is 0.923 bits per heavy atom. The zero-order valence-corrected chi connectivity index (χ0v) is 6.91. The first kappa shape index (κ1) is 7.67. The fourth-order valence-corrected chi connectivity index (χ4v) is 0.902. The smallest absolute Gasteiger partial charge is 0.188 e. The molecule has 2 rings (SSSR count). The molecule has 4 heteroatoms. The molecule has 2 aromatic rings. The Labute approximate surface area is 75.9 Å². The number of rotatable bonds is 2. The minimum Gasteiger partial charge on any atom is -0.362 e. The molecule has 2 heterocycles. The molecule has 2 aromatic heterocycles. The highest BCUT2D eigenvalue weighted by Gasteiger charge is 1.92. The van der Waals surface area contributed by atoms with Crippen molar-refractivity contribution in [3.05, 3.63) is 54.5 Å². The molecule has 0 spiro atoms. The number of nitrogens with zero attached hydrogens (tertiary/aromatic N) is 4. The monoisotopic (exact) mass is 172 g/mol. The number of pyridine rings is 1. The van der Waals surface area contributed by atoms with Gasteiger partial charge in [0.25, 0.3) is 0 Å². The van der Waals surface area contributed by atoms with E-state index in [1.807, 2.05) is 30.6 Å². The lowest BCUT2D eigenvalue weighted by molar-refractivity contribution is -0.619. The third-order valence-corrected chi connectivity index (χ3v) is 1.46. The molecule has 0 aliphatic carbocycles. The van der Waals surface area contributed by atoms with E-state index in [0.29, 0.717) is 5.95 Å². The van der Waals surface area contributed by atoms with Gasteiger partial charge in [0.05, 0.1) is 5.95 Å². The predicted octanol–water partition coefficient (Wildman–Crippen LogP) is 1.23. The van der Waals surface area contributed by atoms with E-state index in [9.17, 15) is 0 Å². The van der Waals surface area contributed by atoms with Gasteiger partial charge in [-0.25, -0.2) is 0 Å². The summed E-state index contributed by atoms with van der Waals surface area (Å²) in [5, 5.41) is 0. The van der Waals surface area contributed by atoms with E-state index in [1.165, 1.54) is 0 Å². The van der Waals surface area contributed by atoms with Crippen LogP contribution in [0.2, 0.25) is 0 Å². The third kappa shape index (κ3) is 1.99. The summed E-state index contributed by atoms with van der Waals surface area (Å²) in [5.74, 6) is 0.457. The number of hydrogen-bond donors (Lipinski definition) is 0. The Morgan fingerprint density at radius 3 is 2.31 bits per heavy atom. The highest BCUT2D eigenvalue weighted by Crippen LogP contribution is 2.02. The summed E-state index contributed by atoms with van der Waals surface area (Å²) in [4.78, 5) is 7.95. The highest BCUT2D eigenvalue weighted by atomic mass is 15.4. The molecule has 0 unspecified atom stereocenters. The van der Waals surface area contributed by atoms with Crippen LogP contribution >= 0.6 is 0 Å². The van der Waals surface area contributed by atoms with E-state index in [1.54, 1.807) is 23.1 Å². The van der Waals surface area contributed by atoms with Crippen LogP contribution in [-0.2, 0) is 0 Å². The van der Waals surface area contributed by atoms with Crippen LogP contribution in [0.3, 0.4) is 0 Å².